The maximum Gasteiger partial charge on any atom is 0.335 e. The van der Waals surface area contributed by atoms with Crippen LogP contribution in [0.2, 0.25) is 0 Å². The third-order valence-electron chi connectivity index (χ3n) is 6.19. The van der Waals surface area contributed by atoms with Crippen molar-refractivity contribution in [1.29, 1.82) is 0 Å². The fourth-order valence-electron chi connectivity index (χ4n) is 4.49. The maximum atomic E-state index is 12.4. The summed E-state index contributed by atoms with van der Waals surface area (Å²) in [5, 5.41) is 0. The molecule has 34 heavy (non-hydrogen) atoms. The fourth-order valence-corrected chi connectivity index (χ4v) is 4.49. The minimum Gasteiger partial charge on any atom is -0.487 e. The number of benzene rings is 2. The van der Waals surface area contributed by atoms with Gasteiger partial charge in [0.2, 0.25) is 5.89 Å². The van der Waals surface area contributed by atoms with Crippen molar-refractivity contribution in [3.05, 3.63) is 70.6 Å². The second-order valence-electron chi connectivity index (χ2n) is 8.46. The minimum atomic E-state index is -0.586. The molecule has 1 aromatic heterocycles. The van der Waals surface area contributed by atoms with Crippen molar-refractivity contribution in [2.45, 2.75) is 65.6 Å². The predicted molar refractivity (Wildman–Crippen MR) is 130 cm³/mol. The summed E-state index contributed by atoms with van der Waals surface area (Å²) in [6.07, 6.45) is 4.12. The Bertz CT molecular complexity index is 1110. The molecule has 1 atom stereocenters. The van der Waals surface area contributed by atoms with Gasteiger partial charge in [0.1, 0.15) is 23.8 Å². The molecule has 0 radical (unpaired) electrons. The summed E-state index contributed by atoms with van der Waals surface area (Å²) in [5.74, 6) is 1.95. The molecule has 6 nitrogen and oxygen atoms in total. The molecule has 6 heteroatoms. The second-order valence-corrected chi connectivity index (χ2v) is 8.46. The van der Waals surface area contributed by atoms with Crippen molar-refractivity contribution >= 4 is 5.97 Å². The van der Waals surface area contributed by atoms with Crippen molar-refractivity contribution in [3.63, 3.8) is 0 Å². The van der Waals surface area contributed by atoms with E-state index >= 15 is 0 Å². The Labute approximate surface area is 201 Å². The highest BCUT2D eigenvalue weighted by molar-refractivity contribution is 5.75. The van der Waals surface area contributed by atoms with Crippen LogP contribution >= 0.6 is 0 Å². The number of rotatable bonds is 10. The first-order chi connectivity index (χ1) is 16.6. The number of aromatic nitrogens is 1. The van der Waals surface area contributed by atoms with Gasteiger partial charge >= 0.3 is 5.97 Å². The Kier molecular flexibility index (Phi) is 8.01. The molecule has 0 saturated heterocycles. The van der Waals surface area contributed by atoms with Crippen molar-refractivity contribution in [3.8, 4) is 17.2 Å². The number of ether oxygens (including phenoxy) is 3. The van der Waals surface area contributed by atoms with Crippen LogP contribution in [0.5, 0.6) is 5.75 Å². The van der Waals surface area contributed by atoms with E-state index < -0.39 is 6.10 Å². The van der Waals surface area contributed by atoms with Crippen LogP contribution in [0.3, 0.4) is 0 Å². The van der Waals surface area contributed by atoms with Crippen LogP contribution in [0.1, 0.15) is 54.8 Å². The zero-order chi connectivity index (χ0) is 23.9. The largest absolute Gasteiger partial charge is 0.487 e. The van der Waals surface area contributed by atoms with Gasteiger partial charge in [0.25, 0.3) is 0 Å². The van der Waals surface area contributed by atoms with E-state index in [9.17, 15) is 4.79 Å². The number of nitrogens with zero attached hydrogens (tertiary/aromatic N) is 1. The molecule has 1 heterocycles. The minimum absolute atomic E-state index is 0.301. The Morgan fingerprint density at radius 2 is 1.79 bits per heavy atom. The van der Waals surface area contributed by atoms with E-state index in [1.54, 1.807) is 0 Å². The highest BCUT2D eigenvalue weighted by Crippen LogP contribution is 2.34. The van der Waals surface area contributed by atoms with Crippen molar-refractivity contribution in [1.82, 2.24) is 4.98 Å². The van der Waals surface area contributed by atoms with Crippen LogP contribution < -0.4 is 4.74 Å². The molecule has 0 fully saturated rings. The van der Waals surface area contributed by atoms with E-state index in [-0.39, 0.29) is 5.97 Å². The van der Waals surface area contributed by atoms with Gasteiger partial charge in [0.15, 0.2) is 6.10 Å². The summed E-state index contributed by atoms with van der Waals surface area (Å²) in [6.45, 7) is 6.79. The van der Waals surface area contributed by atoms with Crippen LogP contribution in [0.4, 0.5) is 0 Å². The van der Waals surface area contributed by atoms with E-state index in [0.29, 0.717) is 32.1 Å². The Morgan fingerprint density at radius 1 is 1.03 bits per heavy atom. The van der Waals surface area contributed by atoms with E-state index in [1.807, 2.05) is 57.2 Å². The summed E-state index contributed by atoms with van der Waals surface area (Å²) in [7, 11) is 0. The van der Waals surface area contributed by atoms with Gasteiger partial charge in [0.05, 0.1) is 6.61 Å². The number of oxazole rings is 1. The van der Waals surface area contributed by atoms with Crippen LogP contribution in [-0.4, -0.2) is 30.3 Å². The molecule has 3 aromatic rings. The Balaban J connectivity index is 1.53. The van der Waals surface area contributed by atoms with Crippen molar-refractivity contribution < 1.29 is 23.4 Å². The van der Waals surface area contributed by atoms with Crippen molar-refractivity contribution in [2.75, 3.05) is 13.2 Å². The maximum absolute atomic E-state index is 12.4. The quantitative estimate of drug-likeness (QED) is 0.364. The Morgan fingerprint density at radius 3 is 2.53 bits per heavy atom. The third kappa shape index (κ3) is 5.50. The number of hydrogen-bond donors (Lipinski definition) is 0. The number of carbonyl (C=O) groups excluding carboxylic acids is 1. The monoisotopic (exact) mass is 463 g/mol. The highest BCUT2D eigenvalue weighted by atomic mass is 16.6. The lowest BCUT2D eigenvalue weighted by atomic mass is 9.86. The van der Waals surface area contributed by atoms with Crippen molar-refractivity contribution in [2.24, 2.45) is 0 Å². The first kappa shape index (κ1) is 24.0. The van der Waals surface area contributed by atoms with Gasteiger partial charge in [0, 0.05) is 18.6 Å². The standard InChI is InChI=1S/C28H33NO5/c1-4-31-26(28(30)32-5-2)17-21-15-16-25(23-14-10-9-13-22(21)23)33-18-24-19(3)34-27(29-24)20-11-7-6-8-12-20/h6-8,11-12,15-16,26H,4-5,9-10,13-14,17-18H2,1-3H3. The SMILES string of the molecule is CCOC(=O)C(Cc1ccc(OCc2nc(-c3ccccc3)oc2C)c2c1CCCC2)OCC. The number of fused-ring (bicyclic) bond motifs is 1. The van der Waals surface area contributed by atoms with E-state index in [1.165, 1.54) is 11.1 Å². The van der Waals surface area contributed by atoms with Crippen LogP contribution in [-0.2, 0) is 40.1 Å². The van der Waals surface area contributed by atoms with E-state index in [0.717, 1.165) is 54.0 Å². The van der Waals surface area contributed by atoms with Crippen LogP contribution in [0.15, 0.2) is 46.9 Å². The molecule has 0 N–H and O–H groups in total. The molecular weight excluding hydrogens is 430 g/mol. The second kappa shape index (κ2) is 11.3. The molecule has 0 amide bonds. The predicted octanol–water partition coefficient (Wildman–Crippen LogP) is 5.62. The van der Waals surface area contributed by atoms with E-state index in [2.05, 4.69) is 11.1 Å². The first-order valence-corrected chi connectivity index (χ1v) is 12.2. The molecule has 1 aliphatic carbocycles. The van der Waals surface area contributed by atoms with Gasteiger partial charge in [-0.05, 0) is 81.3 Å². The Hall–Kier alpha value is -3.12. The molecule has 1 unspecified atom stereocenters. The fraction of sp³-hybridized carbons (Fsp3) is 0.429. The lowest BCUT2D eigenvalue weighted by Crippen LogP contribution is -2.29. The molecule has 2 aromatic carbocycles. The van der Waals surface area contributed by atoms with Crippen LogP contribution in [0, 0.1) is 6.92 Å². The number of esters is 1. The summed E-state index contributed by atoms with van der Waals surface area (Å²) in [6, 6.07) is 14.0. The number of carbonyl (C=O) groups is 1. The van der Waals surface area contributed by atoms with Gasteiger partial charge in [-0.2, -0.15) is 0 Å². The summed E-state index contributed by atoms with van der Waals surface area (Å²) >= 11 is 0. The van der Waals surface area contributed by atoms with Gasteiger partial charge < -0.3 is 18.6 Å². The lowest BCUT2D eigenvalue weighted by Gasteiger charge is -2.24. The lowest BCUT2D eigenvalue weighted by molar-refractivity contribution is -0.156. The number of aryl methyl sites for hydroxylation is 1. The van der Waals surface area contributed by atoms with Crippen LogP contribution in [0.25, 0.3) is 11.5 Å². The molecule has 1 aliphatic rings. The van der Waals surface area contributed by atoms with Gasteiger partial charge in [-0.15, -0.1) is 0 Å². The third-order valence-corrected chi connectivity index (χ3v) is 6.19. The summed E-state index contributed by atoms with van der Waals surface area (Å²) < 4.78 is 23.1. The molecule has 0 saturated carbocycles. The molecule has 4 rings (SSSR count). The smallest absolute Gasteiger partial charge is 0.335 e. The molecule has 0 spiro atoms. The summed E-state index contributed by atoms with van der Waals surface area (Å²) in [4.78, 5) is 17.0. The van der Waals surface area contributed by atoms with E-state index in [4.69, 9.17) is 18.6 Å². The zero-order valence-corrected chi connectivity index (χ0v) is 20.3. The summed E-state index contributed by atoms with van der Waals surface area (Å²) in [5.41, 5.74) is 5.39. The molecule has 180 valence electrons. The van der Waals surface area contributed by atoms with Gasteiger partial charge in [-0.1, -0.05) is 24.3 Å². The first-order valence-electron chi connectivity index (χ1n) is 12.2. The van der Waals surface area contributed by atoms with Gasteiger partial charge in [-0.25, -0.2) is 9.78 Å². The molecular formula is C28H33NO5. The van der Waals surface area contributed by atoms with Gasteiger partial charge in [-0.3, -0.25) is 0 Å². The normalized spacial score (nSPS) is 13.9. The molecule has 0 aliphatic heterocycles. The average molecular weight is 464 g/mol. The zero-order valence-electron chi connectivity index (χ0n) is 20.3. The average Bonchev–Trinajstić information content (AvgIpc) is 3.24. The topological polar surface area (TPSA) is 70.8 Å². The highest BCUT2D eigenvalue weighted by Gasteiger charge is 2.25. The molecule has 0 bridgehead atoms. The number of hydrogen-bond acceptors (Lipinski definition) is 6.